The zero-order chi connectivity index (χ0) is 14.0. The Morgan fingerprint density at radius 2 is 0.947 bits per heavy atom. The Morgan fingerprint density at radius 3 is 1.32 bits per heavy atom. The third kappa shape index (κ3) is 18.6. The predicted molar refractivity (Wildman–Crippen MR) is 93.5 cm³/mol. The minimum atomic E-state index is 0.762. The molecule has 2 heteroatoms. The van der Waals surface area contributed by atoms with Gasteiger partial charge in [-0.05, 0) is 12.2 Å². The predicted octanol–water partition coefficient (Wildman–Crippen LogP) is 7.40. The second-order valence-corrected chi connectivity index (χ2v) is 7.30. The molecule has 116 valence electrons. The molecule has 0 unspecified atom stereocenters. The van der Waals surface area contributed by atoms with E-state index < -0.39 is 0 Å². The van der Waals surface area contributed by atoms with Gasteiger partial charge in [-0.15, -0.1) is 23.4 Å². The van der Waals surface area contributed by atoms with Gasteiger partial charge in [0.25, 0.3) is 0 Å². The van der Waals surface area contributed by atoms with Gasteiger partial charge in [-0.1, -0.05) is 90.4 Å². The highest BCUT2D eigenvalue weighted by Crippen LogP contribution is 2.14. The van der Waals surface area contributed by atoms with Gasteiger partial charge in [0.05, 0.1) is 5.21 Å². The summed E-state index contributed by atoms with van der Waals surface area (Å²) < 4.78 is 0. The van der Waals surface area contributed by atoms with Crippen LogP contribution in [0.15, 0.2) is 0 Å². The highest BCUT2D eigenvalue weighted by molar-refractivity contribution is 8.00. The Hall–Kier alpha value is 0.640. The Kier molecular flexibility index (Phi) is 19.3. The summed E-state index contributed by atoms with van der Waals surface area (Å²) in [4.78, 5) is 0. The van der Waals surface area contributed by atoms with Crippen molar-refractivity contribution in [2.75, 3.05) is 11.0 Å². The Labute approximate surface area is 131 Å². The van der Waals surface area contributed by atoms with E-state index in [4.69, 9.17) is 11.6 Å². The molecular weight excluding hydrogens is 272 g/mol. The van der Waals surface area contributed by atoms with E-state index >= 15 is 0 Å². The normalized spacial score (nSPS) is 11.1. The van der Waals surface area contributed by atoms with E-state index in [0.29, 0.717) is 0 Å². The van der Waals surface area contributed by atoms with Gasteiger partial charge in [0.1, 0.15) is 0 Å². The van der Waals surface area contributed by atoms with Gasteiger partial charge in [0.2, 0.25) is 0 Å². The second-order valence-electron chi connectivity index (χ2n) is 5.61. The standard InChI is InChI=1S/C17H35ClS/c1-2-3-4-5-6-7-8-9-10-11-12-13-14-15-16-19-17-18/h2-17H2,1H3. The highest BCUT2D eigenvalue weighted by atomic mass is 35.5. The number of alkyl halides is 1. The smallest absolute Gasteiger partial charge is 0.0680 e. The van der Waals surface area contributed by atoms with E-state index in [9.17, 15) is 0 Å². The molecule has 0 fully saturated rings. The molecule has 0 aliphatic heterocycles. The van der Waals surface area contributed by atoms with Crippen molar-refractivity contribution in [1.29, 1.82) is 0 Å². The monoisotopic (exact) mass is 306 g/mol. The average Bonchev–Trinajstić information content (AvgIpc) is 2.43. The SMILES string of the molecule is CCCCCCCCCCCCCCCCSCCl. The van der Waals surface area contributed by atoms with E-state index in [1.54, 1.807) is 0 Å². The lowest BCUT2D eigenvalue weighted by Crippen LogP contribution is -1.84. The van der Waals surface area contributed by atoms with Crippen LogP contribution in [0.2, 0.25) is 0 Å². The van der Waals surface area contributed by atoms with Crippen molar-refractivity contribution >= 4 is 23.4 Å². The van der Waals surface area contributed by atoms with Gasteiger partial charge >= 0.3 is 0 Å². The van der Waals surface area contributed by atoms with Crippen LogP contribution in [0.25, 0.3) is 0 Å². The molecular formula is C17H35ClS. The molecule has 0 aromatic rings. The number of thioether (sulfide) groups is 1. The molecule has 0 saturated heterocycles. The van der Waals surface area contributed by atoms with Crippen LogP contribution in [0.3, 0.4) is 0 Å². The summed E-state index contributed by atoms with van der Waals surface area (Å²) in [7, 11) is 0. The fourth-order valence-corrected chi connectivity index (χ4v) is 3.30. The average molecular weight is 307 g/mol. The first-order valence-corrected chi connectivity index (χ1v) is 10.2. The fourth-order valence-electron chi connectivity index (χ4n) is 2.45. The minimum Gasteiger partial charge on any atom is -0.146 e. The molecule has 0 radical (unpaired) electrons. The maximum Gasteiger partial charge on any atom is 0.0680 e. The molecule has 0 heterocycles. The molecule has 0 aliphatic carbocycles. The van der Waals surface area contributed by atoms with Gasteiger partial charge < -0.3 is 0 Å². The fraction of sp³-hybridized carbons (Fsp3) is 1.00. The summed E-state index contributed by atoms with van der Waals surface area (Å²) in [5.74, 6) is 1.25. The van der Waals surface area contributed by atoms with Gasteiger partial charge in [0.15, 0.2) is 0 Å². The molecule has 0 amide bonds. The molecule has 0 spiro atoms. The molecule has 0 rings (SSSR count). The van der Waals surface area contributed by atoms with E-state index in [1.165, 1.54) is 95.6 Å². The van der Waals surface area contributed by atoms with Crippen LogP contribution in [-0.2, 0) is 0 Å². The molecule has 0 bridgehead atoms. The third-order valence-corrected chi connectivity index (χ3v) is 4.91. The van der Waals surface area contributed by atoms with Crippen LogP contribution in [-0.4, -0.2) is 11.0 Å². The van der Waals surface area contributed by atoms with Crippen LogP contribution < -0.4 is 0 Å². The van der Waals surface area contributed by atoms with Gasteiger partial charge in [0, 0.05) is 0 Å². The van der Waals surface area contributed by atoms with E-state index in [2.05, 4.69) is 6.92 Å². The van der Waals surface area contributed by atoms with Crippen LogP contribution in [0, 0.1) is 0 Å². The first-order chi connectivity index (χ1) is 9.41. The molecule has 0 aromatic carbocycles. The Balaban J connectivity index is 2.88. The first-order valence-electron chi connectivity index (χ1n) is 8.55. The van der Waals surface area contributed by atoms with Gasteiger partial charge in [-0.3, -0.25) is 0 Å². The summed E-state index contributed by atoms with van der Waals surface area (Å²) in [6.45, 7) is 2.29. The summed E-state index contributed by atoms with van der Waals surface area (Å²) >= 11 is 7.48. The lowest BCUT2D eigenvalue weighted by atomic mass is 10.0. The minimum absolute atomic E-state index is 0.762. The number of hydrogen-bond acceptors (Lipinski definition) is 1. The zero-order valence-electron chi connectivity index (χ0n) is 13.1. The third-order valence-electron chi connectivity index (χ3n) is 3.72. The van der Waals surface area contributed by atoms with Crippen molar-refractivity contribution in [3.8, 4) is 0 Å². The summed E-state index contributed by atoms with van der Waals surface area (Å²) in [5, 5.41) is 0.762. The van der Waals surface area contributed by atoms with E-state index in [0.717, 1.165) is 5.21 Å². The molecule has 0 atom stereocenters. The molecule has 0 aliphatic rings. The van der Waals surface area contributed by atoms with Crippen molar-refractivity contribution in [2.24, 2.45) is 0 Å². The van der Waals surface area contributed by atoms with E-state index in [1.807, 2.05) is 11.8 Å². The van der Waals surface area contributed by atoms with Crippen LogP contribution in [0.5, 0.6) is 0 Å². The number of hydrogen-bond donors (Lipinski definition) is 0. The van der Waals surface area contributed by atoms with Crippen molar-refractivity contribution in [2.45, 2.75) is 96.8 Å². The maximum absolute atomic E-state index is 5.62. The van der Waals surface area contributed by atoms with Crippen LogP contribution in [0.4, 0.5) is 0 Å². The van der Waals surface area contributed by atoms with Crippen molar-refractivity contribution in [1.82, 2.24) is 0 Å². The Bertz CT molecular complexity index is 134. The molecule has 0 aromatic heterocycles. The van der Waals surface area contributed by atoms with Crippen molar-refractivity contribution in [3.05, 3.63) is 0 Å². The molecule has 0 nitrogen and oxygen atoms in total. The van der Waals surface area contributed by atoms with Gasteiger partial charge in [-0.25, -0.2) is 0 Å². The van der Waals surface area contributed by atoms with Crippen molar-refractivity contribution < 1.29 is 0 Å². The summed E-state index contributed by atoms with van der Waals surface area (Å²) in [5.41, 5.74) is 0. The maximum atomic E-state index is 5.62. The second kappa shape index (κ2) is 18.6. The highest BCUT2D eigenvalue weighted by Gasteiger charge is 1.94. The number of unbranched alkanes of at least 4 members (excludes halogenated alkanes) is 13. The zero-order valence-corrected chi connectivity index (χ0v) is 14.7. The van der Waals surface area contributed by atoms with Gasteiger partial charge in [-0.2, -0.15) is 0 Å². The lowest BCUT2D eigenvalue weighted by Gasteiger charge is -2.03. The Morgan fingerprint density at radius 1 is 0.579 bits per heavy atom. The first kappa shape index (κ1) is 19.6. The molecule has 0 N–H and O–H groups in total. The number of rotatable bonds is 16. The summed E-state index contributed by atoms with van der Waals surface area (Å²) in [6.07, 6.45) is 20.2. The van der Waals surface area contributed by atoms with Crippen molar-refractivity contribution in [3.63, 3.8) is 0 Å². The van der Waals surface area contributed by atoms with Crippen LogP contribution in [0.1, 0.15) is 96.8 Å². The number of halogens is 1. The molecule has 0 saturated carbocycles. The topological polar surface area (TPSA) is 0 Å². The van der Waals surface area contributed by atoms with Crippen LogP contribution >= 0.6 is 23.4 Å². The van der Waals surface area contributed by atoms with E-state index in [-0.39, 0.29) is 0 Å². The summed E-state index contributed by atoms with van der Waals surface area (Å²) in [6, 6.07) is 0. The lowest BCUT2D eigenvalue weighted by molar-refractivity contribution is 0.538. The molecule has 19 heavy (non-hydrogen) atoms. The largest absolute Gasteiger partial charge is 0.146 e. The quantitative estimate of drug-likeness (QED) is 0.211.